The number of carboxylic acids is 1. The lowest BCUT2D eigenvalue weighted by Gasteiger charge is -1.97. The molecule has 0 aromatic carbocycles. The average molecular weight is 193 g/mol. The van der Waals surface area contributed by atoms with Crippen LogP contribution in [-0.2, 0) is 21.4 Å². The molecule has 0 aromatic rings. The van der Waals surface area contributed by atoms with Crippen molar-refractivity contribution in [1.82, 2.24) is 5.32 Å². The van der Waals surface area contributed by atoms with Crippen molar-refractivity contribution in [3.63, 3.8) is 0 Å². The predicted molar refractivity (Wildman–Crippen MR) is 44.2 cm³/mol. The van der Waals surface area contributed by atoms with E-state index in [9.17, 15) is 9.59 Å². The molecule has 62 valence electrons. The van der Waals surface area contributed by atoms with E-state index in [1.807, 2.05) is 0 Å². The van der Waals surface area contributed by atoms with Gasteiger partial charge in [0.25, 0.3) is 0 Å². The molecule has 0 aromatic heterocycles. The first-order valence-electron chi connectivity index (χ1n) is 2.94. The smallest absolute Gasteiger partial charge is 0.303 e. The van der Waals surface area contributed by atoms with Gasteiger partial charge in [-0.15, -0.1) is 0 Å². The van der Waals surface area contributed by atoms with Gasteiger partial charge in [-0.25, -0.2) is 0 Å². The van der Waals surface area contributed by atoms with E-state index in [0.29, 0.717) is 13.6 Å². The molecule has 0 aliphatic rings. The molecule has 0 fully saturated rings. The van der Waals surface area contributed by atoms with Gasteiger partial charge in [0, 0.05) is 6.42 Å². The molecule has 0 aliphatic carbocycles. The first kappa shape index (κ1) is 10.5. The third-order valence-corrected chi connectivity index (χ3v) is 1.58. The third kappa shape index (κ3) is 7.36. The fraction of sp³-hybridized carbons (Fsp3) is 0.600. The predicted octanol–water partition coefficient (Wildman–Crippen LogP) is 0.333. The van der Waals surface area contributed by atoms with E-state index in [2.05, 4.69) is 17.1 Å². The fourth-order valence-electron chi connectivity index (χ4n) is 0.429. The van der Waals surface area contributed by atoms with Crippen LogP contribution < -0.4 is 5.32 Å². The number of rotatable bonds is 5. The van der Waals surface area contributed by atoms with Crippen molar-refractivity contribution in [3.05, 3.63) is 0 Å². The van der Waals surface area contributed by atoms with Gasteiger partial charge in [0.15, 0.2) is 0 Å². The lowest BCUT2D eigenvalue weighted by Crippen LogP contribution is -2.21. The molecular weight excluding hydrogens is 185 g/mol. The van der Waals surface area contributed by atoms with E-state index >= 15 is 0 Å². The number of carboxylic acid groups (broad SMARTS) is 1. The maximum absolute atomic E-state index is 10.7. The summed E-state index contributed by atoms with van der Waals surface area (Å²) in [4.78, 5) is 20.7. The zero-order valence-electron chi connectivity index (χ0n) is 5.74. The molecule has 0 spiro atoms. The Labute approximate surface area is 70.8 Å². The summed E-state index contributed by atoms with van der Waals surface area (Å²) in [7, 11) is 0.661. The maximum Gasteiger partial charge on any atom is 0.303 e. The van der Waals surface area contributed by atoms with Gasteiger partial charge >= 0.3 is 5.97 Å². The number of hydrogen-bond acceptors (Lipinski definition) is 3. The van der Waals surface area contributed by atoms with E-state index in [1.54, 1.807) is 0 Å². The van der Waals surface area contributed by atoms with E-state index in [1.165, 1.54) is 0 Å². The summed E-state index contributed by atoms with van der Waals surface area (Å²) in [6.07, 6.45) is 0.314. The van der Waals surface area contributed by atoms with E-state index in [-0.39, 0.29) is 18.7 Å². The normalized spacial score (nSPS) is 9.45. The SMILES string of the molecule is O=C(O)CCC(=O)NCP=S. The van der Waals surface area contributed by atoms with Crippen molar-refractivity contribution in [3.8, 4) is 0 Å². The summed E-state index contributed by atoms with van der Waals surface area (Å²) in [5.41, 5.74) is 0. The lowest BCUT2D eigenvalue weighted by molar-refractivity contribution is -0.138. The van der Waals surface area contributed by atoms with Gasteiger partial charge < -0.3 is 10.4 Å². The monoisotopic (exact) mass is 193 g/mol. The minimum Gasteiger partial charge on any atom is -0.481 e. The van der Waals surface area contributed by atoms with Crippen LogP contribution in [0, 0.1) is 0 Å². The van der Waals surface area contributed by atoms with Gasteiger partial charge in [-0.2, -0.15) is 0 Å². The van der Waals surface area contributed by atoms with Crippen LogP contribution in [0.4, 0.5) is 0 Å². The molecular formula is C5H8NO3PS. The van der Waals surface area contributed by atoms with Crippen LogP contribution in [0.2, 0.25) is 0 Å². The Morgan fingerprint density at radius 2 is 2.09 bits per heavy atom. The molecule has 1 amide bonds. The standard InChI is InChI=1S/C5H8NO3PS/c7-4(6-3-10-11)1-2-5(8)9/h1-3H2,(H,6,7)(H,8,9). The molecule has 0 rings (SSSR count). The highest BCUT2D eigenvalue weighted by molar-refractivity contribution is 7.96. The number of hydrogen-bond donors (Lipinski definition) is 2. The van der Waals surface area contributed by atoms with Gasteiger partial charge in [0.05, 0.1) is 12.7 Å². The van der Waals surface area contributed by atoms with Gasteiger partial charge in [-0.3, -0.25) is 9.59 Å². The van der Waals surface area contributed by atoms with Crippen molar-refractivity contribution >= 4 is 31.0 Å². The van der Waals surface area contributed by atoms with Crippen LogP contribution in [0.5, 0.6) is 0 Å². The molecule has 0 aliphatic heterocycles. The van der Waals surface area contributed by atoms with Crippen LogP contribution in [-0.4, -0.2) is 23.3 Å². The second-order valence-corrected chi connectivity index (χ2v) is 3.13. The van der Waals surface area contributed by atoms with Gasteiger partial charge in [0.1, 0.15) is 0 Å². The third-order valence-electron chi connectivity index (χ3n) is 0.907. The van der Waals surface area contributed by atoms with Crippen molar-refractivity contribution in [2.75, 3.05) is 6.29 Å². The average Bonchev–Trinajstić information content (AvgIpc) is 1.97. The minimum atomic E-state index is -0.962. The second kappa shape index (κ2) is 6.19. The number of amides is 1. The van der Waals surface area contributed by atoms with Crippen molar-refractivity contribution < 1.29 is 14.7 Å². The van der Waals surface area contributed by atoms with Crippen LogP contribution in [0.25, 0.3) is 0 Å². The summed E-state index contributed by atoms with van der Waals surface area (Å²) in [5.74, 6) is -1.22. The summed E-state index contributed by atoms with van der Waals surface area (Å²) < 4.78 is 0. The van der Waals surface area contributed by atoms with Crippen molar-refractivity contribution in [1.29, 1.82) is 0 Å². The zero-order chi connectivity index (χ0) is 8.69. The molecule has 0 radical (unpaired) electrons. The van der Waals surface area contributed by atoms with Crippen molar-refractivity contribution in [2.45, 2.75) is 12.8 Å². The number of carbonyl (C=O) groups is 2. The molecule has 4 nitrogen and oxygen atoms in total. The lowest BCUT2D eigenvalue weighted by atomic mass is 10.3. The Balaban J connectivity index is 3.37. The number of nitrogens with one attached hydrogen (secondary N) is 1. The number of aliphatic carboxylic acids is 1. The Kier molecular flexibility index (Phi) is 5.88. The van der Waals surface area contributed by atoms with Gasteiger partial charge in [-0.05, 0) is 7.36 Å². The van der Waals surface area contributed by atoms with Gasteiger partial charge in [0.2, 0.25) is 5.91 Å². The van der Waals surface area contributed by atoms with Crippen LogP contribution in [0.1, 0.15) is 12.8 Å². The number of carbonyl (C=O) groups excluding carboxylic acids is 1. The van der Waals surface area contributed by atoms with Gasteiger partial charge in [-0.1, -0.05) is 11.8 Å². The van der Waals surface area contributed by atoms with Crippen LogP contribution in [0.15, 0.2) is 0 Å². The summed E-state index contributed by atoms with van der Waals surface area (Å²) in [6, 6.07) is 0. The zero-order valence-corrected chi connectivity index (χ0v) is 7.45. The Hall–Kier alpha value is -0.540. The summed E-state index contributed by atoms with van der Waals surface area (Å²) in [5, 5.41) is 10.7. The molecule has 0 atom stereocenters. The highest BCUT2D eigenvalue weighted by Crippen LogP contribution is 1.91. The van der Waals surface area contributed by atoms with Crippen molar-refractivity contribution in [2.24, 2.45) is 0 Å². The summed E-state index contributed by atoms with van der Waals surface area (Å²) in [6.45, 7) is 0. The highest BCUT2D eigenvalue weighted by atomic mass is 32.4. The van der Waals surface area contributed by atoms with E-state index in [0.717, 1.165) is 0 Å². The van der Waals surface area contributed by atoms with E-state index in [4.69, 9.17) is 5.11 Å². The Morgan fingerprint density at radius 1 is 1.45 bits per heavy atom. The first-order valence-corrected chi connectivity index (χ1v) is 5.03. The Bertz CT molecular complexity index is 173. The molecule has 0 heterocycles. The second-order valence-electron chi connectivity index (χ2n) is 1.78. The summed E-state index contributed by atoms with van der Waals surface area (Å²) >= 11 is 4.55. The molecule has 0 unspecified atom stereocenters. The fourth-order valence-corrected chi connectivity index (χ4v) is 0.864. The highest BCUT2D eigenvalue weighted by Gasteiger charge is 2.02. The molecule has 2 N–H and O–H groups in total. The maximum atomic E-state index is 10.7. The molecule has 6 heteroatoms. The largest absolute Gasteiger partial charge is 0.481 e. The molecule has 0 saturated heterocycles. The van der Waals surface area contributed by atoms with Crippen LogP contribution in [0.3, 0.4) is 0 Å². The Morgan fingerprint density at radius 3 is 2.55 bits per heavy atom. The first-order chi connectivity index (χ1) is 5.16. The van der Waals surface area contributed by atoms with E-state index < -0.39 is 5.97 Å². The quantitative estimate of drug-likeness (QED) is 0.617. The molecule has 11 heavy (non-hydrogen) atoms. The van der Waals surface area contributed by atoms with Crippen LogP contribution >= 0.6 is 7.36 Å². The topological polar surface area (TPSA) is 66.4 Å². The molecule has 0 bridgehead atoms. The minimum absolute atomic E-state index is 0.0280. The molecule has 0 saturated carbocycles.